The summed E-state index contributed by atoms with van der Waals surface area (Å²) in [5.41, 5.74) is 0.768. The van der Waals surface area contributed by atoms with Gasteiger partial charge in [0.25, 0.3) is 0 Å². The molecular weight excluding hydrogens is 252 g/mol. The number of benzene rings is 1. The highest BCUT2D eigenvalue weighted by Gasteiger charge is 2.43. The SMILES string of the molecule is CCCCCC(C)Nc1ccc2c(c1)OC(F)(F)O2. The Morgan fingerprint density at radius 3 is 2.68 bits per heavy atom. The maximum Gasteiger partial charge on any atom is 0.586 e. The Morgan fingerprint density at radius 1 is 1.21 bits per heavy atom. The largest absolute Gasteiger partial charge is 0.586 e. The summed E-state index contributed by atoms with van der Waals surface area (Å²) in [6.07, 6.45) is 1.06. The van der Waals surface area contributed by atoms with E-state index in [0.29, 0.717) is 6.04 Å². The van der Waals surface area contributed by atoms with Crippen molar-refractivity contribution in [3.05, 3.63) is 18.2 Å². The summed E-state index contributed by atoms with van der Waals surface area (Å²) < 4.78 is 34.5. The second kappa shape index (κ2) is 5.63. The molecule has 0 fully saturated rings. The average molecular weight is 271 g/mol. The smallest absolute Gasteiger partial charge is 0.395 e. The number of halogens is 2. The van der Waals surface area contributed by atoms with Gasteiger partial charge in [0.15, 0.2) is 11.5 Å². The van der Waals surface area contributed by atoms with Crippen molar-refractivity contribution in [1.82, 2.24) is 0 Å². The van der Waals surface area contributed by atoms with E-state index in [4.69, 9.17) is 0 Å². The van der Waals surface area contributed by atoms with Crippen molar-refractivity contribution in [2.45, 2.75) is 51.9 Å². The monoisotopic (exact) mass is 271 g/mol. The molecule has 0 amide bonds. The maximum atomic E-state index is 12.9. The number of ether oxygens (including phenoxy) is 2. The summed E-state index contributed by atoms with van der Waals surface area (Å²) in [5.74, 6) is 0.157. The van der Waals surface area contributed by atoms with Gasteiger partial charge in [-0.15, -0.1) is 8.78 Å². The number of anilines is 1. The summed E-state index contributed by atoms with van der Waals surface area (Å²) in [5, 5.41) is 3.28. The molecule has 1 aliphatic rings. The third-order valence-electron chi connectivity index (χ3n) is 3.06. The quantitative estimate of drug-likeness (QED) is 0.778. The molecule has 1 heterocycles. The Morgan fingerprint density at radius 2 is 1.95 bits per heavy atom. The summed E-state index contributed by atoms with van der Waals surface area (Å²) in [6.45, 7) is 4.24. The lowest BCUT2D eigenvalue weighted by atomic mass is 10.1. The zero-order valence-electron chi connectivity index (χ0n) is 11.2. The van der Waals surface area contributed by atoms with E-state index in [-0.39, 0.29) is 11.5 Å². The second-order valence-electron chi connectivity index (χ2n) is 4.87. The van der Waals surface area contributed by atoms with Gasteiger partial charge in [0.05, 0.1) is 0 Å². The predicted octanol–water partition coefficient (Wildman–Crippen LogP) is 4.39. The van der Waals surface area contributed by atoms with Crippen LogP contribution in [0.5, 0.6) is 11.5 Å². The van der Waals surface area contributed by atoms with Gasteiger partial charge in [0.1, 0.15) is 0 Å². The lowest BCUT2D eigenvalue weighted by Gasteiger charge is -2.15. The highest BCUT2D eigenvalue weighted by molar-refractivity contribution is 5.56. The number of nitrogens with one attached hydrogen (secondary N) is 1. The zero-order chi connectivity index (χ0) is 13.9. The molecular formula is C14H19F2NO2. The molecule has 1 aliphatic heterocycles. The van der Waals surface area contributed by atoms with E-state index in [1.165, 1.54) is 18.9 Å². The number of hydrogen-bond donors (Lipinski definition) is 1. The highest BCUT2D eigenvalue weighted by atomic mass is 19.3. The first-order valence-electron chi connectivity index (χ1n) is 6.66. The first-order chi connectivity index (χ1) is 9.00. The maximum absolute atomic E-state index is 12.9. The average Bonchev–Trinajstić information content (AvgIpc) is 2.62. The summed E-state index contributed by atoms with van der Waals surface area (Å²) >= 11 is 0. The van der Waals surface area contributed by atoms with Gasteiger partial charge in [-0.05, 0) is 25.5 Å². The van der Waals surface area contributed by atoms with Crippen LogP contribution in [0.3, 0.4) is 0 Å². The van der Waals surface area contributed by atoms with Gasteiger partial charge in [-0.3, -0.25) is 0 Å². The van der Waals surface area contributed by atoms with E-state index in [1.807, 2.05) is 0 Å². The topological polar surface area (TPSA) is 30.5 Å². The third-order valence-corrected chi connectivity index (χ3v) is 3.06. The number of hydrogen-bond acceptors (Lipinski definition) is 3. The Labute approximate surface area is 111 Å². The first-order valence-corrected chi connectivity index (χ1v) is 6.66. The normalized spacial score (nSPS) is 17.3. The van der Waals surface area contributed by atoms with Gasteiger partial charge < -0.3 is 14.8 Å². The molecule has 0 radical (unpaired) electrons. The molecule has 1 N–H and O–H groups in total. The van der Waals surface area contributed by atoms with Crippen molar-refractivity contribution in [2.75, 3.05) is 5.32 Å². The van der Waals surface area contributed by atoms with E-state index >= 15 is 0 Å². The minimum absolute atomic E-state index is 0.0780. The zero-order valence-corrected chi connectivity index (χ0v) is 11.2. The van der Waals surface area contributed by atoms with E-state index < -0.39 is 6.29 Å². The lowest BCUT2D eigenvalue weighted by molar-refractivity contribution is -0.286. The fourth-order valence-electron chi connectivity index (χ4n) is 2.10. The molecule has 0 aliphatic carbocycles. The molecule has 1 aromatic carbocycles. The molecule has 19 heavy (non-hydrogen) atoms. The molecule has 106 valence electrons. The molecule has 0 saturated carbocycles. The molecule has 5 heteroatoms. The fourth-order valence-corrected chi connectivity index (χ4v) is 2.10. The molecule has 2 rings (SSSR count). The highest BCUT2D eigenvalue weighted by Crippen LogP contribution is 2.42. The van der Waals surface area contributed by atoms with Crippen molar-refractivity contribution in [3.63, 3.8) is 0 Å². The van der Waals surface area contributed by atoms with Crippen LogP contribution in [0.25, 0.3) is 0 Å². The van der Waals surface area contributed by atoms with Crippen LogP contribution in [-0.4, -0.2) is 12.3 Å². The van der Waals surface area contributed by atoms with Crippen molar-refractivity contribution in [1.29, 1.82) is 0 Å². The Kier molecular flexibility index (Phi) is 4.12. The van der Waals surface area contributed by atoms with Crippen molar-refractivity contribution in [2.24, 2.45) is 0 Å². The van der Waals surface area contributed by atoms with Gasteiger partial charge in [-0.25, -0.2) is 0 Å². The van der Waals surface area contributed by atoms with Gasteiger partial charge in [0.2, 0.25) is 0 Å². The number of rotatable bonds is 6. The van der Waals surface area contributed by atoms with Crippen molar-refractivity contribution >= 4 is 5.69 Å². The molecule has 0 bridgehead atoms. The van der Waals surface area contributed by atoms with Crippen LogP contribution in [0.15, 0.2) is 18.2 Å². The van der Waals surface area contributed by atoms with Crippen molar-refractivity contribution in [3.8, 4) is 11.5 Å². The third kappa shape index (κ3) is 3.72. The molecule has 0 saturated heterocycles. The lowest BCUT2D eigenvalue weighted by Crippen LogP contribution is -2.25. The molecule has 1 aromatic rings. The van der Waals surface area contributed by atoms with Crippen LogP contribution in [0.2, 0.25) is 0 Å². The van der Waals surface area contributed by atoms with Gasteiger partial charge in [-0.2, -0.15) is 0 Å². The van der Waals surface area contributed by atoms with E-state index in [1.54, 1.807) is 12.1 Å². The molecule has 3 nitrogen and oxygen atoms in total. The van der Waals surface area contributed by atoms with Crippen LogP contribution in [0.4, 0.5) is 14.5 Å². The van der Waals surface area contributed by atoms with E-state index in [9.17, 15) is 8.78 Å². The molecule has 1 unspecified atom stereocenters. The summed E-state index contributed by atoms with van der Waals surface area (Å²) in [4.78, 5) is 0. The number of fused-ring (bicyclic) bond motifs is 1. The minimum Gasteiger partial charge on any atom is -0.395 e. The van der Waals surface area contributed by atoms with Crippen LogP contribution < -0.4 is 14.8 Å². The van der Waals surface area contributed by atoms with Crippen LogP contribution in [-0.2, 0) is 0 Å². The Hall–Kier alpha value is -1.52. The van der Waals surface area contributed by atoms with E-state index in [2.05, 4.69) is 28.6 Å². The second-order valence-corrected chi connectivity index (χ2v) is 4.87. The first kappa shape index (κ1) is 13.9. The summed E-state index contributed by atoms with van der Waals surface area (Å²) in [6, 6.07) is 5.07. The Balaban J connectivity index is 1.93. The minimum atomic E-state index is -3.55. The number of unbranched alkanes of at least 4 members (excludes halogenated alkanes) is 2. The predicted molar refractivity (Wildman–Crippen MR) is 69.9 cm³/mol. The van der Waals surface area contributed by atoms with Gasteiger partial charge in [0, 0.05) is 17.8 Å². The van der Waals surface area contributed by atoms with E-state index in [0.717, 1.165) is 18.5 Å². The van der Waals surface area contributed by atoms with Crippen LogP contribution in [0, 0.1) is 0 Å². The van der Waals surface area contributed by atoms with Crippen molar-refractivity contribution < 1.29 is 18.3 Å². The molecule has 0 spiro atoms. The Bertz CT molecular complexity index is 437. The van der Waals surface area contributed by atoms with Gasteiger partial charge in [-0.1, -0.05) is 26.2 Å². The van der Waals surface area contributed by atoms with Gasteiger partial charge >= 0.3 is 6.29 Å². The van der Waals surface area contributed by atoms with Crippen LogP contribution in [0.1, 0.15) is 39.5 Å². The number of alkyl halides is 2. The summed E-state index contributed by atoms with van der Waals surface area (Å²) in [7, 11) is 0. The fraction of sp³-hybridized carbons (Fsp3) is 0.571. The standard InChI is InChI=1S/C14H19F2NO2/c1-3-4-5-6-10(2)17-11-7-8-12-13(9-11)19-14(15,16)18-12/h7-10,17H,3-6H2,1-2H3. The van der Waals surface area contributed by atoms with Crippen LogP contribution >= 0.6 is 0 Å². The molecule has 1 atom stereocenters. The molecule has 0 aromatic heterocycles.